The fourth-order valence-electron chi connectivity index (χ4n) is 3.41. The fourth-order valence-corrected chi connectivity index (χ4v) is 3.83. The van der Waals surface area contributed by atoms with Gasteiger partial charge in [-0.15, -0.1) is 0 Å². The second kappa shape index (κ2) is 7.41. The van der Waals surface area contributed by atoms with Crippen molar-refractivity contribution in [3.63, 3.8) is 0 Å². The molecule has 0 atom stereocenters. The van der Waals surface area contributed by atoms with E-state index in [9.17, 15) is 0 Å². The molecule has 0 radical (unpaired) electrons. The first-order chi connectivity index (χ1) is 12.3. The minimum absolute atomic E-state index is 1.08. The van der Waals surface area contributed by atoms with Gasteiger partial charge in [-0.1, -0.05) is 88.7 Å². The molecule has 0 fully saturated rings. The van der Waals surface area contributed by atoms with E-state index in [0.29, 0.717) is 0 Å². The van der Waals surface area contributed by atoms with Gasteiger partial charge in [-0.05, 0) is 65.1 Å². The summed E-state index contributed by atoms with van der Waals surface area (Å²) in [5, 5.41) is 0. The summed E-state index contributed by atoms with van der Waals surface area (Å²) < 4.78 is 1.14. The van der Waals surface area contributed by atoms with Crippen LogP contribution in [-0.2, 0) is 25.7 Å². The average Bonchev–Trinajstić information content (AvgIpc) is 2.64. The third kappa shape index (κ3) is 3.93. The van der Waals surface area contributed by atoms with Crippen LogP contribution in [-0.4, -0.2) is 0 Å². The molecule has 4 bridgehead atoms. The molecule has 3 aromatic rings. The smallest absolute Gasteiger partial charge is 0.0247 e. The summed E-state index contributed by atoms with van der Waals surface area (Å²) in [5.41, 5.74) is 8.27. The van der Waals surface area contributed by atoms with Crippen molar-refractivity contribution in [2.45, 2.75) is 25.7 Å². The van der Waals surface area contributed by atoms with Crippen molar-refractivity contribution in [3.8, 4) is 0 Å². The van der Waals surface area contributed by atoms with Gasteiger partial charge in [0.05, 0.1) is 0 Å². The number of benzene rings is 3. The summed E-state index contributed by atoms with van der Waals surface area (Å²) in [4.78, 5) is 0. The highest BCUT2D eigenvalue weighted by Gasteiger charge is 2.06. The van der Waals surface area contributed by atoms with Crippen molar-refractivity contribution in [1.29, 1.82) is 0 Å². The molecule has 0 N–H and O–H groups in total. The summed E-state index contributed by atoms with van der Waals surface area (Å²) >= 11 is 3.64. The molecular weight excluding hydrogens is 368 g/mol. The van der Waals surface area contributed by atoms with Gasteiger partial charge < -0.3 is 0 Å². The van der Waals surface area contributed by atoms with Gasteiger partial charge in [-0.2, -0.15) is 0 Å². The first-order valence-electron chi connectivity index (χ1n) is 8.90. The molecule has 0 unspecified atom stereocenters. The van der Waals surface area contributed by atoms with Crippen LogP contribution in [0.2, 0.25) is 0 Å². The molecule has 0 saturated heterocycles. The molecule has 0 spiro atoms. The summed E-state index contributed by atoms with van der Waals surface area (Å²) in [5.74, 6) is 0. The minimum Gasteiger partial charge on any atom is -0.0616 e. The van der Waals surface area contributed by atoms with E-state index in [1.54, 1.807) is 0 Å². The lowest BCUT2D eigenvalue weighted by Crippen LogP contribution is -2.00. The Balaban J connectivity index is 1.68. The second-order valence-electron chi connectivity index (χ2n) is 6.70. The van der Waals surface area contributed by atoms with E-state index in [4.69, 9.17) is 0 Å². The Hall–Kier alpha value is -2.12. The maximum Gasteiger partial charge on any atom is 0.0247 e. The minimum atomic E-state index is 1.08. The molecule has 0 saturated carbocycles. The van der Waals surface area contributed by atoms with Gasteiger partial charge in [-0.3, -0.25) is 0 Å². The average molecular weight is 389 g/mol. The molecule has 124 valence electrons. The van der Waals surface area contributed by atoms with Crippen molar-refractivity contribution in [1.82, 2.24) is 0 Å². The van der Waals surface area contributed by atoms with Gasteiger partial charge in [0.15, 0.2) is 0 Å². The third-order valence-electron chi connectivity index (χ3n) is 4.97. The Morgan fingerprint density at radius 3 is 1.96 bits per heavy atom. The van der Waals surface area contributed by atoms with Crippen molar-refractivity contribution in [3.05, 3.63) is 105 Å². The van der Waals surface area contributed by atoms with E-state index in [1.165, 1.54) is 33.4 Å². The lowest BCUT2D eigenvalue weighted by Gasteiger charge is -2.12. The molecule has 3 aromatic carbocycles. The van der Waals surface area contributed by atoms with Gasteiger partial charge in [0.1, 0.15) is 0 Å². The maximum atomic E-state index is 3.64. The first kappa shape index (κ1) is 16.4. The molecule has 0 nitrogen and oxygen atoms in total. The highest BCUT2D eigenvalue weighted by molar-refractivity contribution is 9.10. The van der Waals surface area contributed by atoms with E-state index in [1.807, 2.05) is 0 Å². The Bertz CT molecular complexity index is 904. The number of aryl methyl sites for hydroxylation is 4. The third-order valence-corrected chi connectivity index (χ3v) is 5.69. The summed E-state index contributed by atoms with van der Waals surface area (Å²) in [6.07, 6.45) is 8.85. The zero-order valence-corrected chi connectivity index (χ0v) is 15.8. The maximum absolute atomic E-state index is 3.64. The number of hydrogen-bond donors (Lipinski definition) is 0. The van der Waals surface area contributed by atoms with E-state index in [0.717, 1.165) is 30.2 Å². The highest BCUT2D eigenvalue weighted by Crippen LogP contribution is 2.23. The molecule has 4 aliphatic carbocycles. The van der Waals surface area contributed by atoms with Crippen molar-refractivity contribution >= 4 is 28.1 Å². The van der Waals surface area contributed by atoms with Crippen LogP contribution in [0.4, 0.5) is 0 Å². The summed E-state index contributed by atoms with van der Waals surface area (Å²) in [6, 6.07) is 24.5. The SMILES string of the molecule is Brc1ccccc1/C=C\c1cc2ccc1CCc1ccc(cc1)CC2. The van der Waals surface area contributed by atoms with Crippen LogP contribution in [0.25, 0.3) is 12.2 Å². The molecular formula is C24H21Br. The second-order valence-corrected chi connectivity index (χ2v) is 7.56. The number of rotatable bonds is 2. The van der Waals surface area contributed by atoms with Crippen LogP contribution in [0.5, 0.6) is 0 Å². The molecule has 0 amide bonds. The standard InChI is InChI=1S/C24H21Br/c25-24-4-2-1-3-22(24)15-16-23-17-20-10-9-18-5-7-19(8-6-18)11-13-21(23)14-12-20/h1-8,12,14-17H,9-11,13H2/b16-15-. The Kier molecular flexibility index (Phi) is 4.85. The molecule has 0 heterocycles. The lowest BCUT2D eigenvalue weighted by atomic mass is 9.93. The van der Waals surface area contributed by atoms with Gasteiger partial charge in [0.2, 0.25) is 0 Å². The van der Waals surface area contributed by atoms with Gasteiger partial charge >= 0.3 is 0 Å². The quantitative estimate of drug-likeness (QED) is 0.439. The van der Waals surface area contributed by atoms with Crippen LogP contribution in [0.1, 0.15) is 33.4 Å². The predicted molar refractivity (Wildman–Crippen MR) is 111 cm³/mol. The largest absolute Gasteiger partial charge is 0.0616 e. The topological polar surface area (TPSA) is 0 Å². The zero-order valence-electron chi connectivity index (χ0n) is 14.2. The van der Waals surface area contributed by atoms with Crippen LogP contribution in [0.3, 0.4) is 0 Å². The van der Waals surface area contributed by atoms with Gasteiger partial charge in [0.25, 0.3) is 0 Å². The van der Waals surface area contributed by atoms with Crippen LogP contribution >= 0.6 is 15.9 Å². The normalized spacial score (nSPS) is 13.8. The lowest BCUT2D eigenvalue weighted by molar-refractivity contribution is 0.919. The van der Waals surface area contributed by atoms with Gasteiger partial charge in [0, 0.05) is 4.47 Å². The van der Waals surface area contributed by atoms with E-state index in [-0.39, 0.29) is 0 Å². The van der Waals surface area contributed by atoms with Crippen LogP contribution in [0, 0.1) is 0 Å². The van der Waals surface area contributed by atoms with Crippen LogP contribution in [0.15, 0.2) is 71.2 Å². The monoisotopic (exact) mass is 388 g/mol. The molecule has 4 aliphatic rings. The number of hydrogen-bond acceptors (Lipinski definition) is 0. The predicted octanol–water partition coefficient (Wildman–Crippen LogP) is 6.50. The van der Waals surface area contributed by atoms with E-state index >= 15 is 0 Å². The van der Waals surface area contributed by atoms with Crippen LogP contribution < -0.4 is 0 Å². The Morgan fingerprint density at radius 1 is 0.600 bits per heavy atom. The molecule has 7 rings (SSSR count). The van der Waals surface area contributed by atoms with Crippen molar-refractivity contribution in [2.24, 2.45) is 0 Å². The first-order valence-corrected chi connectivity index (χ1v) is 9.69. The molecule has 0 aromatic heterocycles. The highest BCUT2D eigenvalue weighted by atomic mass is 79.9. The summed E-state index contributed by atoms with van der Waals surface area (Å²) in [7, 11) is 0. The van der Waals surface area contributed by atoms with Gasteiger partial charge in [-0.25, -0.2) is 0 Å². The molecule has 25 heavy (non-hydrogen) atoms. The molecule has 0 aliphatic heterocycles. The Labute approximate surface area is 158 Å². The Morgan fingerprint density at radius 2 is 1.20 bits per heavy atom. The summed E-state index contributed by atoms with van der Waals surface area (Å²) in [6.45, 7) is 0. The van der Waals surface area contributed by atoms with Crippen molar-refractivity contribution in [2.75, 3.05) is 0 Å². The molecule has 1 heteroatoms. The fraction of sp³-hybridized carbons (Fsp3) is 0.167. The van der Waals surface area contributed by atoms with E-state index in [2.05, 4.69) is 94.8 Å². The number of halogens is 1. The van der Waals surface area contributed by atoms with Crippen molar-refractivity contribution < 1.29 is 0 Å². The zero-order chi connectivity index (χ0) is 17.1. The van der Waals surface area contributed by atoms with E-state index < -0.39 is 0 Å².